The van der Waals surface area contributed by atoms with E-state index < -0.39 is 43.6 Å². The number of carbonyl (C=O) groups is 2. The Hall–Kier alpha value is -2.15. The number of hydrogen-bond donors (Lipinski definition) is 4. The van der Waals surface area contributed by atoms with Gasteiger partial charge in [0, 0.05) is 17.7 Å². The van der Waals surface area contributed by atoms with E-state index in [1.807, 2.05) is 51.1 Å². The fourth-order valence-corrected chi connectivity index (χ4v) is 5.64. The summed E-state index contributed by atoms with van der Waals surface area (Å²) >= 11 is 1.08. The molecule has 1 aliphatic heterocycles. The van der Waals surface area contributed by atoms with Crippen LogP contribution in [0.2, 0.25) is 0 Å². The number of hydrogen-bond acceptors (Lipinski definition) is 9. The fourth-order valence-electron chi connectivity index (χ4n) is 3.42. The van der Waals surface area contributed by atoms with Gasteiger partial charge in [0.1, 0.15) is 12.2 Å². The third-order valence-electron chi connectivity index (χ3n) is 5.55. The molecule has 5 atom stereocenters. The van der Waals surface area contributed by atoms with Crippen molar-refractivity contribution in [1.82, 2.24) is 5.09 Å². The maximum absolute atomic E-state index is 13.5. The highest BCUT2D eigenvalue weighted by atomic mass is 32.2. The molecule has 1 aliphatic rings. The number of nitrogens with zero attached hydrogens (tertiary/aromatic N) is 1. The van der Waals surface area contributed by atoms with Gasteiger partial charge in [-0.25, -0.2) is 9.65 Å². The molecule has 0 aliphatic carbocycles. The molecule has 0 bridgehead atoms. The number of amides is 1. The van der Waals surface area contributed by atoms with Crippen molar-refractivity contribution in [2.75, 3.05) is 19.0 Å². The van der Waals surface area contributed by atoms with Crippen molar-refractivity contribution in [3.63, 3.8) is 0 Å². The Balaban J connectivity index is 1.65. The highest BCUT2D eigenvalue weighted by Crippen LogP contribution is 2.45. The first-order valence-corrected chi connectivity index (χ1v) is 14.5. The van der Waals surface area contributed by atoms with E-state index in [4.69, 9.17) is 19.5 Å². The zero-order valence-electron chi connectivity index (χ0n) is 21.5. The van der Waals surface area contributed by atoms with Gasteiger partial charge in [0.25, 0.3) is 6.23 Å². The summed E-state index contributed by atoms with van der Waals surface area (Å²) in [4.78, 5) is 23.6. The summed E-state index contributed by atoms with van der Waals surface area (Å²) in [5.41, 5.74) is 5.69. The number of nitrogens with one attached hydrogen (secondary N) is 1. The number of aliphatic hydroxyl groups is 2. The minimum absolute atomic E-state index is 0.0219. The molecule has 13 heteroatoms. The van der Waals surface area contributed by atoms with Crippen LogP contribution in [0.3, 0.4) is 0 Å². The third kappa shape index (κ3) is 8.42. The van der Waals surface area contributed by atoms with Gasteiger partial charge in [-0.3, -0.25) is 18.4 Å². The van der Waals surface area contributed by atoms with Crippen molar-refractivity contribution in [1.29, 1.82) is 0 Å². The van der Waals surface area contributed by atoms with Gasteiger partial charge in [0.05, 0.1) is 19.4 Å². The topological polar surface area (TPSA) is 161 Å². The molecular formula is C25H34N3O8PS. The van der Waals surface area contributed by atoms with Crippen molar-refractivity contribution >= 4 is 30.5 Å². The Labute approximate surface area is 226 Å². The molecule has 0 spiro atoms. The Bertz CT molecular complexity index is 1150. The molecule has 1 saturated heterocycles. The number of rotatable bonds is 12. The quantitative estimate of drug-likeness (QED) is 0.129. The summed E-state index contributed by atoms with van der Waals surface area (Å²) < 4.78 is 31.8. The minimum Gasteiger partial charge on any atom is -0.404 e. The molecular weight excluding hydrogens is 533 g/mol. The number of pyridine rings is 1. The van der Waals surface area contributed by atoms with Crippen molar-refractivity contribution in [3.8, 4) is 0 Å². The van der Waals surface area contributed by atoms with E-state index in [2.05, 4.69) is 11.3 Å². The number of aromatic nitrogens is 1. The second-order valence-electron chi connectivity index (χ2n) is 9.68. The molecule has 1 aromatic heterocycles. The van der Waals surface area contributed by atoms with Gasteiger partial charge in [-0.05, 0) is 11.1 Å². The molecule has 0 radical (unpaired) electrons. The van der Waals surface area contributed by atoms with E-state index in [1.165, 1.54) is 22.9 Å². The molecule has 1 fully saturated rings. The van der Waals surface area contributed by atoms with E-state index in [0.717, 1.165) is 17.3 Å². The van der Waals surface area contributed by atoms with E-state index in [9.17, 15) is 24.4 Å². The van der Waals surface area contributed by atoms with Gasteiger partial charge in [0.2, 0.25) is 0 Å². The molecule has 38 heavy (non-hydrogen) atoms. The van der Waals surface area contributed by atoms with Gasteiger partial charge in [-0.1, -0.05) is 68.9 Å². The number of benzene rings is 1. The Morgan fingerprint density at radius 1 is 1.16 bits per heavy atom. The van der Waals surface area contributed by atoms with Gasteiger partial charge >= 0.3 is 7.75 Å². The first kappa shape index (κ1) is 30.4. The Kier molecular flexibility index (Phi) is 10.6. The standard InChI is InChI=1S/C25H34N3O8PS/c1-25(2,3)24(32)38-13-12-34-37(33,27-14-17-8-5-4-6-9-17)35-16-19-20(29)21(30)23(36-19)28-11-7-10-18(15-28)22(26)31/h4-11,19-21,23,29-30H,12-14,16H2,1-3H3,(H2,26,31)(H,27,33). The zero-order chi connectivity index (χ0) is 27.9. The molecule has 5 N–H and O–H groups in total. The molecule has 2 heterocycles. The maximum atomic E-state index is 13.5. The lowest BCUT2D eigenvalue weighted by atomic mass is 10.00. The van der Waals surface area contributed by atoms with E-state index in [1.54, 1.807) is 0 Å². The van der Waals surface area contributed by atoms with Crippen LogP contribution >= 0.6 is 19.5 Å². The highest BCUT2D eigenvalue weighted by Gasteiger charge is 2.48. The van der Waals surface area contributed by atoms with Crippen LogP contribution in [0.15, 0.2) is 48.7 Å². The van der Waals surface area contributed by atoms with Crippen molar-refractivity contribution in [2.45, 2.75) is 51.9 Å². The summed E-state index contributed by atoms with van der Waals surface area (Å²) in [5.74, 6) is -0.445. The van der Waals surface area contributed by atoms with Crippen molar-refractivity contribution < 1.29 is 42.7 Å². The largest absolute Gasteiger partial charge is 0.405 e. The Morgan fingerprint density at radius 3 is 2.53 bits per heavy atom. The number of nitrogens with two attached hydrogens (primary N) is 1. The van der Waals surface area contributed by atoms with Crippen LogP contribution in [0.25, 0.3) is 0 Å². The maximum Gasteiger partial charge on any atom is 0.405 e. The van der Waals surface area contributed by atoms with Crippen LogP contribution in [-0.4, -0.2) is 58.5 Å². The SMILES string of the molecule is CC(C)(C)C(=O)SCCOP(=O)(NCc1ccccc1)OCC1OC([n+]2[c-]c(C(N)=O)ccc2)C(O)C1O. The lowest BCUT2D eigenvalue weighted by molar-refractivity contribution is -0.769. The average Bonchev–Trinajstić information content (AvgIpc) is 3.17. The normalized spacial score (nSPS) is 23.2. The zero-order valence-corrected chi connectivity index (χ0v) is 23.2. The molecule has 1 aromatic carbocycles. The van der Waals surface area contributed by atoms with E-state index in [-0.39, 0.29) is 36.2 Å². The molecule has 2 aromatic rings. The molecule has 1 amide bonds. The summed E-state index contributed by atoms with van der Waals surface area (Å²) in [5, 5.41) is 23.9. The van der Waals surface area contributed by atoms with Crippen LogP contribution in [0.1, 0.15) is 42.9 Å². The van der Waals surface area contributed by atoms with Crippen LogP contribution in [0.5, 0.6) is 0 Å². The molecule has 3 rings (SSSR count). The van der Waals surface area contributed by atoms with Gasteiger partial charge < -0.3 is 25.5 Å². The highest BCUT2D eigenvalue weighted by molar-refractivity contribution is 8.13. The summed E-state index contributed by atoms with van der Waals surface area (Å²) in [7, 11) is -3.92. The van der Waals surface area contributed by atoms with Crippen LogP contribution in [0, 0.1) is 11.6 Å². The van der Waals surface area contributed by atoms with Crippen LogP contribution in [0.4, 0.5) is 0 Å². The van der Waals surface area contributed by atoms with Crippen LogP contribution in [-0.2, 0) is 29.7 Å². The third-order valence-corrected chi connectivity index (χ3v) is 8.36. The van der Waals surface area contributed by atoms with E-state index >= 15 is 0 Å². The fraction of sp³-hybridized carbons (Fsp3) is 0.480. The molecule has 0 saturated carbocycles. The average molecular weight is 568 g/mol. The number of carbonyl (C=O) groups excluding carboxylic acids is 2. The smallest absolute Gasteiger partial charge is 0.404 e. The number of aliphatic hydroxyl groups excluding tert-OH is 2. The van der Waals surface area contributed by atoms with Gasteiger partial charge in [0.15, 0.2) is 23.3 Å². The summed E-state index contributed by atoms with van der Waals surface area (Å²) in [6.07, 6.45) is -0.721. The number of primary amides is 1. The first-order chi connectivity index (χ1) is 17.9. The summed E-state index contributed by atoms with van der Waals surface area (Å²) in [6.45, 7) is 5.21. The second-order valence-corrected chi connectivity index (χ2v) is 12.6. The Morgan fingerprint density at radius 2 is 1.87 bits per heavy atom. The van der Waals surface area contributed by atoms with Crippen LogP contribution < -0.4 is 15.4 Å². The van der Waals surface area contributed by atoms with Crippen molar-refractivity contribution in [2.24, 2.45) is 11.1 Å². The minimum atomic E-state index is -3.92. The van der Waals surface area contributed by atoms with Crippen molar-refractivity contribution in [3.05, 3.63) is 66.0 Å². The lowest BCUT2D eigenvalue weighted by Crippen LogP contribution is -2.46. The number of thioether (sulfide) groups is 1. The first-order valence-electron chi connectivity index (χ1n) is 12.0. The monoisotopic (exact) mass is 567 g/mol. The second kappa shape index (κ2) is 13.3. The predicted molar refractivity (Wildman–Crippen MR) is 140 cm³/mol. The summed E-state index contributed by atoms with van der Waals surface area (Å²) in [6, 6.07) is 12.2. The lowest BCUT2D eigenvalue weighted by Gasteiger charge is -2.22. The van der Waals surface area contributed by atoms with Gasteiger partial charge in [-0.15, -0.1) is 6.07 Å². The van der Waals surface area contributed by atoms with E-state index in [0.29, 0.717) is 0 Å². The molecule has 11 nitrogen and oxygen atoms in total. The number of ether oxygens (including phenoxy) is 1. The predicted octanol–water partition coefficient (Wildman–Crippen LogP) is 1.73. The molecule has 5 unspecified atom stereocenters. The van der Waals surface area contributed by atoms with Gasteiger partial charge in [-0.2, -0.15) is 0 Å². The molecule has 208 valence electrons.